The molecule has 2 rings (SSSR count). The molecular weight excluding hydrogens is 292 g/mol. The molecule has 1 aromatic rings. The third-order valence-corrected chi connectivity index (χ3v) is 4.02. The van der Waals surface area contributed by atoms with E-state index in [-0.39, 0.29) is 11.9 Å². The number of nitrogens with one attached hydrogen (secondary N) is 2. The molecule has 1 atom stereocenters. The minimum atomic E-state index is -0.0458. The topological polar surface area (TPSA) is 59.6 Å². The summed E-state index contributed by atoms with van der Waals surface area (Å²) in [4.78, 5) is 12.0. The molecule has 1 unspecified atom stereocenters. The van der Waals surface area contributed by atoms with Gasteiger partial charge in [-0.2, -0.15) is 0 Å². The highest BCUT2D eigenvalue weighted by Crippen LogP contribution is 2.28. The molecule has 1 amide bonds. The highest BCUT2D eigenvalue weighted by atomic mass is 16.5. The van der Waals surface area contributed by atoms with Crippen molar-refractivity contribution in [1.29, 1.82) is 0 Å². The first-order chi connectivity index (χ1) is 11.1. The van der Waals surface area contributed by atoms with Crippen molar-refractivity contribution >= 4 is 5.91 Å². The second kappa shape index (κ2) is 8.77. The van der Waals surface area contributed by atoms with E-state index in [1.165, 1.54) is 0 Å². The Hall–Kier alpha value is -1.75. The predicted octanol–water partition coefficient (Wildman–Crippen LogP) is 2.49. The van der Waals surface area contributed by atoms with Crippen molar-refractivity contribution in [2.75, 3.05) is 20.3 Å². The summed E-state index contributed by atoms with van der Waals surface area (Å²) < 4.78 is 11.2. The highest BCUT2D eigenvalue weighted by Gasteiger charge is 2.21. The predicted molar refractivity (Wildman–Crippen MR) is 90.8 cm³/mol. The van der Waals surface area contributed by atoms with Gasteiger partial charge in [-0.05, 0) is 49.4 Å². The van der Waals surface area contributed by atoms with Gasteiger partial charge >= 0.3 is 0 Å². The molecular formula is C18H28N2O3. The Labute approximate surface area is 138 Å². The monoisotopic (exact) mass is 320 g/mol. The summed E-state index contributed by atoms with van der Waals surface area (Å²) in [5, 5.41) is 6.17. The lowest BCUT2D eigenvalue weighted by Crippen LogP contribution is -2.39. The molecule has 0 saturated carbocycles. The zero-order valence-corrected chi connectivity index (χ0v) is 14.4. The molecule has 0 spiro atoms. The summed E-state index contributed by atoms with van der Waals surface area (Å²) in [5.74, 6) is 2.14. The van der Waals surface area contributed by atoms with Gasteiger partial charge in [0.05, 0.1) is 19.8 Å². The Morgan fingerprint density at radius 3 is 2.87 bits per heavy atom. The molecule has 1 heterocycles. The maximum absolute atomic E-state index is 12.0. The molecule has 0 radical (unpaired) electrons. The highest BCUT2D eigenvalue weighted by molar-refractivity contribution is 5.82. The quantitative estimate of drug-likeness (QED) is 0.772. The number of benzene rings is 1. The normalized spacial score (nSPS) is 17.3. The standard InChI is InChI=1S/C18H28N2O3/c1-13(2)8-10-23-16-7-6-14(11-17(16)22-3)12-20-18(21)15-5-4-9-19-15/h6-7,11,13,15,19H,4-5,8-10,12H2,1-3H3,(H,20,21). The van der Waals surface area contributed by atoms with Gasteiger partial charge in [-0.3, -0.25) is 4.79 Å². The van der Waals surface area contributed by atoms with E-state index >= 15 is 0 Å². The van der Waals surface area contributed by atoms with Crippen LogP contribution in [0.1, 0.15) is 38.7 Å². The van der Waals surface area contributed by atoms with Crippen molar-refractivity contribution < 1.29 is 14.3 Å². The van der Waals surface area contributed by atoms with Crippen molar-refractivity contribution in [1.82, 2.24) is 10.6 Å². The largest absolute Gasteiger partial charge is 0.493 e. The lowest BCUT2D eigenvalue weighted by molar-refractivity contribution is -0.122. The van der Waals surface area contributed by atoms with Gasteiger partial charge < -0.3 is 20.1 Å². The summed E-state index contributed by atoms with van der Waals surface area (Å²) in [7, 11) is 1.63. The van der Waals surface area contributed by atoms with Gasteiger partial charge in [0, 0.05) is 6.54 Å². The van der Waals surface area contributed by atoms with Crippen LogP contribution in [0.25, 0.3) is 0 Å². The van der Waals surface area contributed by atoms with Crippen molar-refractivity contribution in [3.05, 3.63) is 23.8 Å². The molecule has 0 bridgehead atoms. The van der Waals surface area contributed by atoms with Gasteiger partial charge in [0.25, 0.3) is 0 Å². The van der Waals surface area contributed by atoms with Crippen LogP contribution >= 0.6 is 0 Å². The van der Waals surface area contributed by atoms with E-state index in [4.69, 9.17) is 9.47 Å². The molecule has 5 heteroatoms. The molecule has 0 aliphatic carbocycles. The second-order valence-corrected chi connectivity index (χ2v) is 6.38. The number of hydrogen-bond donors (Lipinski definition) is 2. The molecule has 1 aliphatic rings. The van der Waals surface area contributed by atoms with Crippen LogP contribution in [-0.4, -0.2) is 32.2 Å². The van der Waals surface area contributed by atoms with E-state index in [0.29, 0.717) is 24.8 Å². The fourth-order valence-corrected chi connectivity index (χ4v) is 2.57. The van der Waals surface area contributed by atoms with E-state index in [9.17, 15) is 4.79 Å². The maximum Gasteiger partial charge on any atom is 0.237 e. The number of carbonyl (C=O) groups is 1. The number of methoxy groups -OCH3 is 1. The van der Waals surface area contributed by atoms with Crippen LogP contribution in [0.15, 0.2) is 18.2 Å². The molecule has 1 fully saturated rings. The summed E-state index contributed by atoms with van der Waals surface area (Å²) in [6.45, 7) is 6.45. The number of carbonyl (C=O) groups excluding carboxylic acids is 1. The molecule has 1 aromatic carbocycles. The van der Waals surface area contributed by atoms with E-state index in [1.54, 1.807) is 7.11 Å². The Balaban J connectivity index is 1.88. The van der Waals surface area contributed by atoms with Crippen LogP contribution in [0.4, 0.5) is 0 Å². The minimum Gasteiger partial charge on any atom is -0.493 e. The number of amides is 1. The van der Waals surface area contributed by atoms with Crippen molar-refractivity contribution in [2.45, 2.75) is 45.7 Å². The minimum absolute atomic E-state index is 0.0458. The number of hydrogen-bond acceptors (Lipinski definition) is 4. The van der Waals surface area contributed by atoms with Crippen molar-refractivity contribution in [2.24, 2.45) is 5.92 Å². The zero-order chi connectivity index (χ0) is 16.7. The zero-order valence-electron chi connectivity index (χ0n) is 14.4. The first-order valence-electron chi connectivity index (χ1n) is 8.41. The molecule has 23 heavy (non-hydrogen) atoms. The van der Waals surface area contributed by atoms with E-state index in [0.717, 1.165) is 37.1 Å². The Bertz CT molecular complexity index is 511. The Morgan fingerprint density at radius 2 is 2.22 bits per heavy atom. The molecule has 2 N–H and O–H groups in total. The van der Waals surface area contributed by atoms with Gasteiger partial charge in [-0.15, -0.1) is 0 Å². The third kappa shape index (κ3) is 5.43. The van der Waals surface area contributed by atoms with Crippen LogP contribution in [0.2, 0.25) is 0 Å². The van der Waals surface area contributed by atoms with E-state index < -0.39 is 0 Å². The Morgan fingerprint density at radius 1 is 1.39 bits per heavy atom. The summed E-state index contributed by atoms with van der Waals surface area (Å²) in [6, 6.07) is 5.76. The molecule has 5 nitrogen and oxygen atoms in total. The van der Waals surface area contributed by atoms with Crippen LogP contribution < -0.4 is 20.1 Å². The second-order valence-electron chi connectivity index (χ2n) is 6.38. The number of ether oxygens (including phenoxy) is 2. The molecule has 1 saturated heterocycles. The van der Waals surface area contributed by atoms with Crippen molar-refractivity contribution in [3.8, 4) is 11.5 Å². The number of rotatable bonds is 8. The van der Waals surface area contributed by atoms with Crippen LogP contribution in [-0.2, 0) is 11.3 Å². The van der Waals surface area contributed by atoms with Crippen LogP contribution in [0.3, 0.4) is 0 Å². The summed E-state index contributed by atoms with van der Waals surface area (Å²) in [6.07, 6.45) is 2.99. The van der Waals surface area contributed by atoms with Gasteiger partial charge in [-0.1, -0.05) is 19.9 Å². The average Bonchev–Trinajstić information content (AvgIpc) is 3.07. The van der Waals surface area contributed by atoms with Gasteiger partial charge in [0.1, 0.15) is 0 Å². The van der Waals surface area contributed by atoms with Gasteiger partial charge in [-0.25, -0.2) is 0 Å². The molecule has 1 aliphatic heterocycles. The smallest absolute Gasteiger partial charge is 0.237 e. The molecule has 128 valence electrons. The van der Waals surface area contributed by atoms with Crippen molar-refractivity contribution in [3.63, 3.8) is 0 Å². The summed E-state index contributed by atoms with van der Waals surface area (Å²) >= 11 is 0. The van der Waals surface area contributed by atoms with Crippen LogP contribution in [0.5, 0.6) is 11.5 Å². The summed E-state index contributed by atoms with van der Waals surface area (Å²) in [5.41, 5.74) is 1.00. The fraction of sp³-hybridized carbons (Fsp3) is 0.611. The van der Waals surface area contributed by atoms with E-state index in [1.807, 2.05) is 18.2 Å². The fourth-order valence-electron chi connectivity index (χ4n) is 2.57. The van der Waals surface area contributed by atoms with Crippen LogP contribution in [0, 0.1) is 5.92 Å². The lowest BCUT2D eigenvalue weighted by atomic mass is 10.1. The van der Waals surface area contributed by atoms with Gasteiger partial charge in [0.2, 0.25) is 5.91 Å². The SMILES string of the molecule is COc1cc(CNC(=O)C2CCCN2)ccc1OCCC(C)C. The van der Waals surface area contributed by atoms with E-state index in [2.05, 4.69) is 24.5 Å². The Kier molecular flexibility index (Phi) is 6.71. The lowest BCUT2D eigenvalue weighted by Gasteiger charge is -2.14. The first kappa shape index (κ1) is 17.6. The van der Waals surface area contributed by atoms with Gasteiger partial charge in [0.15, 0.2) is 11.5 Å². The first-order valence-corrected chi connectivity index (χ1v) is 8.41. The maximum atomic E-state index is 12.0. The third-order valence-electron chi connectivity index (χ3n) is 4.02. The molecule has 0 aromatic heterocycles. The average molecular weight is 320 g/mol.